The normalized spacial score (nSPS) is 19.9. The van der Waals surface area contributed by atoms with Crippen LogP contribution in [0.3, 0.4) is 0 Å². The molecule has 1 aliphatic carbocycles. The highest BCUT2D eigenvalue weighted by Crippen LogP contribution is 2.28. The van der Waals surface area contributed by atoms with Crippen LogP contribution in [0.1, 0.15) is 72.1 Å². The molecule has 190 valence electrons. The highest BCUT2D eigenvalue weighted by Gasteiger charge is 2.25. The smallest absolute Gasteiger partial charge is 0.136 e. The average molecular weight is 470 g/mol. The van der Waals surface area contributed by atoms with E-state index in [1.54, 1.807) is 0 Å². The maximum absolute atomic E-state index is 10.9. The summed E-state index contributed by atoms with van der Waals surface area (Å²) in [6, 6.07) is 8.99. The Morgan fingerprint density at radius 3 is 2.41 bits per heavy atom. The van der Waals surface area contributed by atoms with E-state index in [2.05, 4.69) is 60.9 Å². The third-order valence-electron chi connectivity index (χ3n) is 7.49. The number of nitrogens with two attached hydrogens (primary N) is 1. The van der Waals surface area contributed by atoms with Crippen LogP contribution in [0.4, 0.5) is 5.69 Å². The van der Waals surface area contributed by atoms with Gasteiger partial charge < -0.3 is 25.1 Å². The van der Waals surface area contributed by atoms with Crippen LogP contribution in [-0.4, -0.2) is 56.1 Å². The highest BCUT2D eigenvalue weighted by atomic mass is 16.5. The summed E-state index contributed by atoms with van der Waals surface area (Å²) in [6.07, 6.45) is 13.0. The van der Waals surface area contributed by atoms with E-state index in [4.69, 9.17) is 10.5 Å². The van der Waals surface area contributed by atoms with Crippen LogP contribution in [0.5, 0.6) is 5.75 Å². The molecule has 2 fully saturated rings. The highest BCUT2D eigenvalue weighted by molar-refractivity contribution is 5.56. The van der Waals surface area contributed by atoms with Crippen LogP contribution in [0.2, 0.25) is 0 Å². The summed E-state index contributed by atoms with van der Waals surface area (Å²) in [7, 11) is 0. The molecule has 1 aromatic rings. The number of carbonyl (C=O) groups excluding carboxylic acids is 1. The summed E-state index contributed by atoms with van der Waals surface area (Å²) in [5, 5.41) is 0. The van der Waals surface area contributed by atoms with E-state index in [1.807, 2.05) is 0 Å². The Morgan fingerprint density at radius 2 is 1.79 bits per heavy atom. The second-order valence-corrected chi connectivity index (χ2v) is 10.9. The molecule has 0 aromatic heterocycles. The second-order valence-electron chi connectivity index (χ2n) is 10.9. The lowest BCUT2D eigenvalue weighted by molar-refractivity contribution is -0.109. The van der Waals surface area contributed by atoms with Gasteiger partial charge in [-0.1, -0.05) is 37.8 Å². The van der Waals surface area contributed by atoms with Crippen molar-refractivity contribution in [3.8, 4) is 5.75 Å². The first-order valence-electron chi connectivity index (χ1n) is 13.5. The molecule has 1 heterocycles. The van der Waals surface area contributed by atoms with Gasteiger partial charge in [0, 0.05) is 37.9 Å². The Balaban J connectivity index is 1.55. The number of benzene rings is 1. The molecule has 34 heavy (non-hydrogen) atoms. The van der Waals surface area contributed by atoms with E-state index >= 15 is 0 Å². The van der Waals surface area contributed by atoms with Crippen molar-refractivity contribution >= 4 is 12.0 Å². The van der Waals surface area contributed by atoms with E-state index in [1.165, 1.54) is 43.4 Å². The maximum atomic E-state index is 10.9. The number of anilines is 1. The summed E-state index contributed by atoms with van der Waals surface area (Å²) in [4.78, 5) is 16.0. The minimum absolute atomic E-state index is 0.332. The largest absolute Gasteiger partial charge is 0.493 e. The van der Waals surface area contributed by atoms with E-state index < -0.39 is 0 Å². The Labute approximate surface area is 207 Å². The first kappa shape index (κ1) is 26.7. The Kier molecular flexibility index (Phi) is 10.9. The van der Waals surface area contributed by atoms with Gasteiger partial charge in [0.15, 0.2) is 0 Å². The molecular formula is C29H47N3O2. The summed E-state index contributed by atoms with van der Waals surface area (Å²) in [6.45, 7) is 11.6. The van der Waals surface area contributed by atoms with Crippen LogP contribution in [0, 0.1) is 11.8 Å². The second kappa shape index (κ2) is 13.9. The van der Waals surface area contributed by atoms with Gasteiger partial charge in [0.2, 0.25) is 0 Å². The number of piperidine rings is 1. The minimum atomic E-state index is -0.332. The van der Waals surface area contributed by atoms with Crippen molar-refractivity contribution in [3.05, 3.63) is 35.9 Å². The van der Waals surface area contributed by atoms with Crippen molar-refractivity contribution in [2.75, 3.05) is 37.7 Å². The predicted molar refractivity (Wildman–Crippen MR) is 143 cm³/mol. The fourth-order valence-corrected chi connectivity index (χ4v) is 5.50. The molecule has 2 atom stereocenters. The lowest BCUT2D eigenvalue weighted by Gasteiger charge is -2.40. The average Bonchev–Trinajstić information content (AvgIpc) is 2.85. The van der Waals surface area contributed by atoms with Gasteiger partial charge in [-0.3, -0.25) is 0 Å². The molecule has 1 saturated heterocycles. The Morgan fingerprint density at radius 1 is 1.12 bits per heavy atom. The molecule has 5 nitrogen and oxygen atoms in total. The fourth-order valence-electron chi connectivity index (χ4n) is 5.50. The van der Waals surface area contributed by atoms with Gasteiger partial charge >= 0.3 is 0 Å². The maximum Gasteiger partial charge on any atom is 0.136 e. The first-order chi connectivity index (χ1) is 16.4. The van der Waals surface area contributed by atoms with Gasteiger partial charge in [-0.25, -0.2) is 0 Å². The van der Waals surface area contributed by atoms with Gasteiger partial charge in [0.1, 0.15) is 12.0 Å². The topological polar surface area (TPSA) is 58.8 Å². The molecule has 2 aliphatic rings. The molecule has 5 heteroatoms. The van der Waals surface area contributed by atoms with Crippen LogP contribution >= 0.6 is 0 Å². The molecule has 3 rings (SSSR count). The van der Waals surface area contributed by atoms with E-state index in [9.17, 15) is 4.79 Å². The van der Waals surface area contributed by atoms with Crippen molar-refractivity contribution in [2.24, 2.45) is 17.6 Å². The first-order valence-corrected chi connectivity index (χ1v) is 13.5. The van der Waals surface area contributed by atoms with Crippen LogP contribution in [-0.2, 0) is 4.79 Å². The quantitative estimate of drug-likeness (QED) is 0.326. The van der Waals surface area contributed by atoms with Crippen molar-refractivity contribution < 1.29 is 9.53 Å². The lowest BCUT2D eigenvalue weighted by Crippen LogP contribution is -2.46. The number of rotatable bonds is 12. The number of ether oxygens (including phenoxy) is 1. The molecular weight excluding hydrogens is 422 g/mol. The molecule has 0 spiro atoms. The van der Waals surface area contributed by atoms with Gasteiger partial charge in [-0.05, 0) is 82.1 Å². The van der Waals surface area contributed by atoms with E-state index in [-0.39, 0.29) is 6.04 Å². The number of likely N-dealkylation sites (tertiary alicyclic amines) is 1. The van der Waals surface area contributed by atoms with Crippen LogP contribution in [0.15, 0.2) is 35.9 Å². The number of carbonyl (C=O) groups is 1. The van der Waals surface area contributed by atoms with Gasteiger partial charge in [0.25, 0.3) is 0 Å². The van der Waals surface area contributed by atoms with Crippen molar-refractivity contribution in [3.63, 3.8) is 0 Å². The molecule has 0 amide bonds. The number of hydrogen-bond acceptors (Lipinski definition) is 5. The van der Waals surface area contributed by atoms with Crippen LogP contribution in [0.25, 0.3) is 0 Å². The van der Waals surface area contributed by atoms with Crippen molar-refractivity contribution in [1.29, 1.82) is 0 Å². The molecule has 1 aliphatic heterocycles. The Hall–Kier alpha value is -1.85. The zero-order valence-corrected chi connectivity index (χ0v) is 21.8. The summed E-state index contributed by atoms with van der Waals surface area (Å²) in [5.74, 6) is 2.16. The number of hydrogen-bond donors (Lipinski definition) is 1. The summed E-state index contributed by atoms with van der Waals surface area (Å²) >= 11 is 0. The predicted octanol–water partition coefficient (Wildman–Crippen LogP) is 5.44. The van der Waals surface area contributed by atoms with Crippen molar-refractivity contribution in [2.45, 2.75) is 84.2 Å². The number of aldehydes is 1. The molecule has 2 N–H and O–H groups in total. The van der Waals surface area contributed by atoms with Gasteiger partial charge in [-0.15, -0.1) is 0 Å². The molecule has 1 aromatic carbocycles. The molecule has 1 saturated carbocycles. The monoisotopic (exact) mass is 469 g/mol. The standard InChI is InChI=1S/C29H47N3O2/c1-23(2)13-18-32(28-14-16-31(17-15-28)20-24(3)19-26(30)21-33)27-9-11-29(12-10-27)34-22-25-7-5-4-6-8-25/h9-13,21,24-26,28H,4-8,14-20,22,30H2,1-3H3. The molecule has 0 bridgehead atoms. The minimum Gasteiger partial charge on any atom is -0.493 e. The SMILES string of the molecule is CC(C)=CCN(c1ccc(OCC2CCCCC2)cc1)C1CCN(CC(C)CC(N)C=O)CC1. The van der Waals surface area contributed by atoms with Gasteiger partial charge in [0.05, 0.1) is 12.6 Å². The number of allylic oxidation sites excluding steroid dienone is 1. The zero-order valence-electron chi connectivity index (χ0n) is 21.8. The fraction of sp³-hybridized carbons (Fsp3) is 0.690. The third-order valence-corrected chi connectivity index (χ3v) is 7.49. The molecule has 0 radical (unpaired) electrons. The summed E-state index contributed by atoms with van der Waals surface area (Å²) < 4.78 is 6.14. The number of nitrogens with zero attached hydrogens (tertiary/aromatic N) is 2. The lowest BCUT2D eigenvalue weighted by atomic mass is 9.90. The van der Waals surface area contributed by atoms with Crippen LogP contribution < -0.4 is 15.4 Å². The summed E-state index contributed by atoms with van der Waals surface area (Å²) in [5.41, 5.74) is 8.46. The Bertz CT molecular complexity index is 745. The molecule has 2 unspecified atom stereocenters. The van der Waals surface area contributed by atoms with Gasteiger partial charge in [-0.2, -0.15) is 0 Å². The van der Waals surface area contributed by atoms with E-state index in [0.29, 0.717) is 12.0 Å². The van der Waals surface area contributed by atoms with E-state index in [0.717, 1.165) is 70.0 Å². The van der Waals surface area contributed by atoms with Crippen molar-refractivity contribution in [1.82, 2.24) is 4.90 Å². The third kappa shape index (κ3) is 8.74. The zero-order chi connectivity index (χ0) is 24.3.